The Bertz CT molecular complexity index is 719. The van der Waals surface area contributed by atoms with Crippen LogP contribution in [0.25, 0.3) is 0 Å². The molecule has 0 fully saturated rings. The molecule has 1 atom stereocenters. The molecule has 6 nitrogen and oxygen atoms in total. The van der Waals surface area contributed by atoms with Crippen LogP contribution in [-0.2, 0) is 9.53 Å². The standard InChI is InChI=1S/C20H25N3O3/c1-15(16-7-4-3-5-8-16)22-20(25)17-9-6-10-18(13-17)23-19(24)14-21-11-12-26-2/h3-10,13,15,21H,11-12,14H2,1-2H3,(H,22,25)(H,23,24). The average Bonchev–Trinajstić information content (AvgIpc) is 2.66. The molecule has 0 aliphatic rings. The second-order valence-corrected chi connectivity index (χ2v) is 5.90. The summed E-state index contributed by atoms with van der Waals surface area (Å²) in [6.07, 6.45) is 0. The van der Waals surface area contributed by atoms with Gasteiger partial charge in [-0.05, 0) is 30.7 Å². The number of nitrogens with one attached hydrogen (secondary N) is 3. The highest BCUT2D eigenvalue weighted by Gasteiger charge is 2.12. The molecule has 0 radical (unpaired) electrons. The first-order valence-electron chi connectivity index (χ1n) is 8.55. The van der Waals surface area contributed by atoms with Gasteiger partial charge in [-0.25, -0.2) is 0 Å². The van der Waals surface area contributed by atoms with Crippen LogP contribution in [0.5, 0.6) is 0 Å². The lowest BCUT2D eigenvalue weighted by atomic mass is 10.1. The largest absolute Gasteiger partial charge is 0.383 e. The summed E-state index contributed by atoms with van der Waals surface area (Å²) in [5, 5.41) is 8.71. The first kappa shape index (κ1) is 19.6. The maximum absolute atomic E-state index is 12.5. The minimum Gasteiger partial charge on any atom is -0.383 e. The highest BCUT2D eigenvalue weighted by Crippen LogP contribution is 2.14. The summed E-state index contributed by atoms with van der Waals surface area (Å²) in [7, 11) is 1.61. The van der Waals surface area contributed by atoms with E-state index in [0.717, 1.165) is 5.56 Å². The molecule has 6 heteroatoms. The number of rotatable bonds is 9. The predicted molar refractivity (Wildman–Crippen MR) is 102 cm³/mol. The van der Waals surface area contributed by atoms with Gasteiger partial charge in [0.05, 0.1) is 19.2 Å². The van der Waals surface area contributed by atoms with Gasteiger partial charge in [0.2, 0.25) is 5.91 Å². The molecule has 0 heterocycles. The van der Waals surface area contributed by atoms with Gasteiger partial charge < -0.3 is 20.7 Å². The van der Waals surface area contributed by atoms with E-state index in [1.165, 1.54) is 0 Å². The Hall–Kier alpha value is -2.70. The second-order valence-electron chi connectivity index (χ2n) is 5.90. The fourth-order valence-corrected chi connectivity index (χ4v) is 2.42. The van der Waals surface area contributed by atoms with Gasteiger partial charge in [0.1, 0.15) is 0 Å². The van der Waals surface area contributed by atoms with E-state index in [-0.39, 0.29) is 24.4 Å². The number of hydrogen-bond donors (Lipinski definition) is 3. The van der Waals surface area contributed by atoms with Crippen molar-refractivity contribution >= 4 is 17.5 Å². The Kier molecular flexibility index (Phi) is 7.79. The quantitative estimate of drug-likeness (QED) is 0.603. The molecule has 138 valence electrons. The lowest BCUT2D eigenvalue weighted by molar-refractivity contribution is -0.115. The SMILES string of the molecule is COCCNCC(=O)Nc1cccc(C(=O)NC(C)c2ccccc2)c1. The fraction of sp³-hybridized carbons (Fsp3) is 0.300. The number of ether oxygens (including phenoxy) is 1. The van der Waals surface area contributed by atoms with Crippen molar-refractivity contribution in [3.05, 3.63) is 65.7 Å². The van der Waals surface area contributed by atoms with Gasteiger partial charge >= 0.3 is 0 Å². The number of amides is 2. The lowest BCUT2D eigenvalue weighted by Crippen LogP contribution is -2.30. The van der Waals surface area contributed by atoms with Crippen molar-refractivity contribution in [3.8, 4) is 0 Å². The van der Waals surface area contributed by atoms with Crippen molar-refractivity contribution in [2.45, 2.75) is 13.0 Å². The predicted octanol–water partition coefficient (Wildman–Crippen LogP) is 2.35. The number of benzene rings is 2. The minimum atomic E-state index is -0.185. The van der Waals surface area contributed by atoms with Crippen LogP contribution in [0.2, 0.25) is 0 Å². The van der Waals surface area contributed by atoms with Crippen molar-refractivity contribution in [3.63, 3.8) is 0 Å². The summed E-state index contributed by atoms with van der Waals surface area (Å²) < 4.78 is 4.91. The van der Waals surface area contributed by atoms with Gasteiger partial charge in [-0.1, -0.05) is 36.4 Å². The molecule has 2 rings (SSSR count). The summed E-state index contributed by atoms with van der Waals surface area (Å²) >= 11 is 0. The lowest BCUT2D eigenvalue weighted by Gasteiger charge is -2.15. The molecule has 3 N–H and O–H groups in total. The summed E-state index contributed by atoms with van der Waals surface area (Å²) in [5.41, 5.74) is 2.12. The van der Waals surface area contributed by atoms with E-state index in [4.69, 9.17) is 4.74 Å². The van der Waals surface area contributed by atoms with E-state index in [0.29, 0.717) is 24.4 Å². The molecule has 1 unspecified atom stereocenters. The first-order chi connectivity index (χ1) is 12.6. The van der Waals surface area contributed by atoms with Gasteiger partial charge in [0.15, 0.2) is 0 Å². The smallest absolute Gasteiger partial charge is 0.251 e. The van der Waals surface area contributed by atoms with E-state index < -0.39 is 0 Å². The average molecular weight is 355 g/mol. The molecule has 0 spiro atoms. The van der Waals surface area contributed by atoms with Gasteiger partial charge in [0.25, 0.3) is 5.91 Å². The number of methoxy groups -OCH3 is 1. The Morgan fingerprint density at radius 1 is 1.08 bits per heavy atom. The van der Waals surface area contributed by atoms with Crippen LogP contribution in [-0.4, -0.2) is 38.6 Å². The number of hydrogen-bond acceptors (Lipinski definition) is 4. The summed E-state index contributed by atoms with van der Waals surface area (Å²) in [6, 6.07) is 16.5. The Labute approximate surface area is 153 Å². The van der Waals surface area contributed by atoms with Gasteiger partial charge in [-0.2, -0.15) is 0 Å². The van der Waals surface area contributed by atoms with E-state index >= 15 is 0 Å². The van der Waals surface area contributed by atoms with Crippen LogP contribution < -0.4 is 16.0 Å². The molecule has 0 bridgehead atoms. The maximum atomic E-state index is 12.5. The van der Waals surface area contributed by atoms with Crippen LogP contribution in [0.4, 0.5) is 5.69 Å². The van der Waals surface area contributed by atoms with E-state index in [1.54, 1.807) is 31.4 Å². The van der Waals surface area contributed by atoms with E-state index in [9.17, 15) is 9.59 Å². The van der Waals surface area contributed by atoms with Crippen LogP contribution in [0.3, 0.4) is 0 Å². The minimum absolute atomic E-state index is 0.105. The van der Waals surface area contributed by atoms with Crippen LogP contribution in [0.1, 0.15) is 28.9 Å². The molecule has 26 heavy (non-hydrogen) atoms. The fourth-order valence-electron chi connectivity index (χ4n) is 2.42. The molecule has 0 aliphatic carbocycles. The Balaban J connectivity index is 1.91. The monoisotopic (exact) mass is 355 g/mol. The highest BCUT2D eigenvalue weighted by molar-refractivity contribution is 5.97. The molecule has 0 saturated heterocycles. The summed E-state index contributed by atoms with van der Waals surface area (Å²) in [4.78, 5) is 24.4. The van der Waals surface area contributed by atoms with E-state index in [2.05, 4.69) is 16.0 Å². The van der Waals surface area contributed by atoms with Gasteiger partial charge in [-0.3, -0.25) is 9.59 Å². The highest BCUT2D eigenvalue weighted by atomic mass is 16.5. The first-order valence-corrected chi connectivity index (χ1v) is 8.55. The van der Waals surface area contributed by atoms with Crippen molar-refractivity contribution in [1.82, 2.24) is 10.6 Å². The Morgan fingerprint density at radius 3 is 2.58 bits per heavy atom. The molecule has 0 aromatic heterocycles. The number of anilines is 1. The third-order valence-corrected chi connectivity index (χ3v) is 3.82. The molecular formula is C20H25N3O3. The van der Waals surface area contributed by atoms with Crippen LogP contribution in [0, 0.1) is 0 Å². The zero-order valence-corrected chi connectivity index (χ0v) is 15.1. The van der Waals surface area contributed by atoms with Crippen molar-refractivity contribution in [2.24, 2.45) is 0 Å². The summed E-state index contributed by atoms with van der Waals surface area (Å²) in [5.74, 6) is -0.355. The topological polar surface area (TPSA) is 79.5 Å². The van der Waals surface area contributed by atoms with Crippen molar-refractivity contribution in [1.29, 1.82) is 0 Å². The number of carbonyl (C=O) groups excluding carboxylic acids is 2. The van der Waals surface area contributed by atoms with E-state index in [1.807, 2.05) is 37.3 Å². The van der Waals surface area contributed by atoms with Crippen molar-refractivity contribution < 1.29 is 14.3 Å². The zero-order valence-electron chi connectivity index (χ0n) is 15.1. The molecular weight excluding hydrogens is 330 g/mol. The third kappa shape index (κ3) is 6.31. The molecule has 2 aromatic rings. The Morgan fingerprint density at radius 2 is 1.85 bits per heavy atom. The number of carbonyl (C=O) groups is 2. The normalized spacial score (nSPS) is 11.6. The molecule has 2 aromatic carbocycles. The zero-order chi connectivity index (χ0) is 18.8. The summed E-state index contributed by atoms with van der Waals surface area (Å²) in [6.45, 7) is 3.27. The third-order valence-electron chi connectivity index (χ3n) is 3.82. The second kappa shape index (κ2) is 10.3. The van der Waals surface area contributed by atoms with Crippen molar-refractivity contribution in [2.75, 3.05) is 32.1 Å². The maximum Gasteiger partial charge on any atom is 0.251 e. The van der Waals surface area contributed by atoms with Gasteiger partial charge in [-0.15, -0.1) is 0 Å². The molecule has 0 saturated carbocycles. The van der Waals surface area contributed by atoms with Crippen LogP contribution in [0.15, 0.2) is 54.6 Å². The molecule has 0 aliphatic heterocycles. The van der Waals surface area contributed by atoms with Gasteiger partial charge in [0, 0.05) is 24.9 Å². The molecule has 2 amide bonds. The van der Waals surface area contributed by atoms with Crippen LogP contribution >= 0.6 is 0 Å².